The standard InChI is InChI=1S/C18H25FN2O2/c1-18(2,3)23-17(22)21-13-9-10-15(21)16(19)14(11-13)20-12-7-5-4-6-8-12/h4-8,13-16,20H,9-11H2,1-3H3/t13-,14-,15+,16-/m1/s1. The highest BCUT2D eigenvalue weighted by atomic mass is 19.1. The third-order valence-corrected chi connectivity index (χ3v) is 4.55. The van der Waals surface area contributed by atoms with Crippen LogP contribution in [0.2, 0.25) is 0 Å². The van der Waals surface area contributed by atoms with Crippen molar-refractivity contribution >= 4 is 11.8 Å². The highest BCUT2D eigenvalue weighted by Crippen LogP contribution is 2.39. The monoisotopic (exact) mass is 320 g/mol. The van der Waals surface area contributed by atoms with Crippen molar-refractivity contribution in [3.8, 4) is 0 Å². The number of carbonyl (C=O) groups is 1. The Labute approximate surface area is 137 Å². The molecule has 1 aromatic rings. The van der Waals surface area contributed by atoms with Crippen LogP contribution in [0.1, 0.15) is 40.0 Å². The second-order valence-corrected chi connectivity index (χ2v) is 7.48. The van der Waals surface area contributed by atoms with Gasteiger partial charge < -0.3 is 10.1 Å². The summed E-state index contributed by atoms with van der Waals surface area (Å²) < 4.78 is 20.4. The summed E-state index contributed by atoms with van der Waals surface area (Å²) in [5.41, 5.74) is 0.367. The Morgan fingerprint density at radius 1 is 1.26 bits per heavy atom. The minimum absolute atomic E-state index is 0.0584. The summed E-state index contributed by atoms with van der Waals surface area (Å²) >= 11 is 0. The van der Waals surface area contributed by atoms with Gasteiger partial charge in [0, 0.05) is 11.7 Å². The number of rotatable bonds is 2. The first-order chi connectivity index (χ1) is 10.8. The molecule has 1 N–H and O–H groups in total. The van der Waals surface area contributed by atoms with E-state index >= 15 is 0 Å². The predicted octanol–water partition coefficient (Wildman–Crippen LogP) is 3.98. The molecular formula is C18H25FN2O2. The molecule has 2 saturated heterocycles. The summed E-state index contributed by atoms with van der Waals surface area (Å²) in [7, 11) is 0. The molecule has 0 aliphatic carbocycles. The first-order valence-corrected chi connectivity index (χ1v) is 8.32. The highest BCUT2D eigenvalue weighted by Gasteiger charge is 2.50. The molecule has 126 valence electrons. The van der Waals surface area contributed by atoms with Gasteiger partial charge in [-0.15, -0.1) is 0 Å². The maximum absolute atomic E-state index is 15.0. The number of ether oxygens (including phenoxy) is 1. The summed E-state index contributed by atoms with van der Waals surface area (Å²) in [6, 6.07) is 9.10. The van der Waals surface area contributed by atoms with E-state index in [1.807, 2.05) is 51.1 Å². The zero-order valence-corrected chi connectivity index (χ0v) is 14.0. The third kappa shape index (κ3) is 3.43. The van der Waals surface area contributed by atoms with Gasteiger partial charge in [-0.2, -0.15) is 0 Å². The lowest BCUT2D eigenvalue weighted by atomic mass is 9.95. The van der Waals surface area contributed by atoms with Crippen LogP contribution in [-0.4, -0.2) is 40.9 Å². The van der Waals surface area contributed by atoms with Crippen molar-refractivity contribution in [3.63, 3.8) is 0 Å². The molecule has 0 saturated carbocycles. The smallest absolute Gasteiger partial charge is 0.410 e. The number of hydrogen-bond donors (Lipinski definition) is 1. The molecule has 2 aliphatic heterocycles. The summed E-state index contributed by atoms with van der Waals surface area (Å²) in [5, 5.41) is 3.29. The maximum atomic E-state index is 15.0. The Morgan fingerprint density at radius 2 is 1.96 bits per heavy atom. The fourth-order valence-corrected chi connectivity index (χ4v) is 3.63. The Bertz CT molecular complexity index is 558. The van der Waals surface area contributed by atoms with Crippen molar-refractivity contribution in [3.05, 3.63) is 30.3 Å². The van der Waals surface area contributed by atoms with Crippen molar-refractivity contribution in [2.24, 2.45) is 0 Å². The van der Waals surface area contributed by atoms with E-state index in [2.05, 4.69) is 5.32 Å². The number of halogens is 1. The van der Waals surface area contributed by atoms with Gasteiger partial charge in [-0.25, -0.2) is 9.18 Å². The lowest BCUT2D eigenvalue weighted by Crippen LogP contribution is -2.57. The number of hydrogen-bond acceptors (Lipinski definition) is 3. The number of para-hydroxylation sites is 1. The average Bonchev–Trinajstić information content (AvgIpc) is 2.82. The zero-order chi connectivity index (χ0) is 16.6. The third-order valence-electron chi connectivity index (χ3n) is 4.55. The lowest BCUT2D eigenvalue weighted by molar-refractivity contribution is -0.00831. The second kappa shape index (κ2) is 6.02. The molecule has 1 aromatic carbocycles. The van der Waals surface area contributed by atoms with Gasteiger partial charge in [0.05, 0.1) is 12.1 Å². The van der Waals surface area contributed by atoms with Gasteiger partial charge in [0.15, 0.2) is 0 Å². The zero-order valence-electron chi connectivity index (χ0n) is 14.0. The van der Waals surface area contributed by atoms with Crippen LogP contribution in [0, 0.1) is 0 Å². The summed E-state index contributed by atoms with van der Waals surface area (Å²) in [6.45, 7) is 5.51. The summed E-state index contributed by atoms with van der Waals surface area (Å²) in [5.74, 6) is 0. The number of fused-ring (bicyclic) bond motifs is 2. The number of nitrogens with zero attached hydrogens (tertiary/aromatic N) is 1. The van der Waals surface area contributed by atoms with E-state index in [-0.39, 0.29) is 24.2 Å². The maximum Gasteiger partial charge on any atom is 0.410 e. The Morgan fingerprint density at radius 3 is 2.61 bits per heavy atom. The fourth-order valence-electron chi connectivity index (χ4n) is 3.63. The number of piperidine rings is 1. The van der Waals surface area contributed by atoms with E-state index in [9.17, 15) is 9.18 Å². The Balaban J connectivity index is 1.70. The molecule has 2 heterocycles. The van der Waals surface area contributed by atoms with Gasteiger partial charge in [-0.3, -0.25) is 4.90 Å². The van der Waals surface area contributed by atoms with Crippen LogP contribution in [0.15, 0.2) is 30.3 Å². The molecule has 5 heteroatoms. The molecule has 2 fully saturated rings. The molecule has 0 aromatic heterocycles. The van der Waals surface area contributed by atoms with E-state index in [4.69, 9.17) is 4.74 Å². The van der Waals surface area contributed by atoms with E-state index in [1.165, 1.54) is 0 Å². The second-order valence-electron chi connectivity index (χ2n) is 7.48. The van der Waals surface area contributed by atoms with Crippen molar-refractivity contribution in [1.82, 2.24) is 4.90 Å². The molecule has 2 bridgehead atoms. The van der Waals surface area contributed by atoms with Crippen LogP contribution >= 0.6 is 0 Å². The van der Waals surface area contributed by atoms with Crippen LogP contribution in [0.4, 0.5) is 14.9 Å². The van der Waals surface area contributed by atoms with Crippen LogP contribution in [-0.2, 0) is 4.74 Å². The van der Waals surface area contributed by atoms with E-state index in [0.717, 1.165) is 12.1 Å². The molecule has 3 rings (SSSR count). The SMILES string of the molecule is CC(C)(C)OC(=O)N1[C@@H]2CC[C@H]1[C@H](F)[C@H](Nc1ccccc1)C2. The number of benzene rings is 1. The molecule has 0 spiro atoms. The van der Waals surface area contributed by atoms with E-state index < -0.39 is 11.8 Å². The molecule has 0 unspecified atom stereocenters. The van der Waals surface area contributed by atoms with Crippen molar-refractivity contribution < 1.29 is 13.9 Å². The summed E-state index contributed by atoms with van der Waals surface area (Å²) in [4.78, 5) is 14.0. The van der Waals surface area contributed by atoms with Crippen LogP contribution in [0.3, 0.4) is 0 Å². The normalized spacial score (nSPS) is 30.2. The number of anilines is 1. The van der Waals surface area contributed by atoms with Gasteiger partial charge in [-0.05, 0) is 52.2 Å². The van der Waals surface area contributed by atoms with Gasteiger partial charge in [0.1, 0.15) is 11.8 Å². The first-order valence-electron chi connectivity index (χ1n) is 8.32. The minimum atomic E-state index is -1.08. The summed E-state index contributed by atoms with van der Waals surface area (Å²) in [6.07, 6.45) is 0.702. The lowest BCUT2D eigenvalue weighted by Gasteiger charge is -2.42. The molecule has 0 radical (unpaired) electrons. The largest absolute Gasteiger partial charge is 0.444 e. The molecule has 23 heavy (non-hydrogen) atoms. The molecule has 4 nitrogen and oxygen atoms in total. The van der Waals surface area contributed by atoms with Gasteiger partial charge in [0.25, 0.3) is 0 Å². The fraction of sp³-hybridized carbons (Fsp3) is 0.611. The number of carbonyl (C=O) groups excluding carboxylic acids is 1. The quantitative estimate of drug-likeness (QED) is 0.896. The van der Waals surface area contributed by atoms with Crippen LogP contribution in [0.5, 0.6) is 0 Å². The van der Waals surface area contributed by atoms with Crippen molar-refractivity contribution in [2.75, 3.05) is 5.32 Å². The van der Waals surface area contributed by atoms with E-state index in [1.54, 1.807) is 4.90 Å². The molecule has 4 atom stereocenters. The van der Waals surface area contributed by atoms with Crippen molar-refractivity contribution in [2.45, 2.75) is 69.9 Å². The average molecular weight is 320 g/mol. The van der Waals surface area contributed by atoms with Crippen molar-refractivity contribution in [1.29, 1.82) is 0 Å². The van der Waals surface area contributed by atoms with Gasteiger partial charge in [-0.1, -0.05) is 18.2 Å². The van der Waals surface area contributed by atoms with Gasteiger partial charge >= 0.3 is 6.09 Å². The predicted molar refractivity (Wildman–Crippen MR) is 88.2 cm³/mol. The topological polar surface area (TPSA) is 41.6 Å². The van der Waals surface area contributed by atoms with E-state index in [0.29, 0.717) is 12.8 Å². The molecular weight excluding hydrogens is 295 g/mol. The number of alkyl halides is 1. The minimum Gasteiger partial charge on any atom is -0.444 e. The number of nitrogens with one attached hydrogen (secondary N) is 1. The highest BCUT2D eigenvalue weighted by molar-refractivity contribution is 5.70. The Kier molecular flexibility index (Phi) is 4.21. The first kappa shape index (κ1) is 16.1. The molecule has 2 aliphatic rings. The Hall–Kier alpha value is -1.78. The van der Waals surface area contributed by atoms with Crippen LogP contribution in [0.25, 0.3) is 0 Å². The van der Waals surface area contributed by atoms with Gasteiger partial charge in [0.2, 0.25) is 0 Å². The number of amides is 1. The van der Waals surface area contributed by atoms with Crippen LogP contribution < -0.4 is 5.32 Å². The molecule has 1 amide bonds.